The molecule has 1 rings (SSSR count). The Morgan fingerprint density at radius 3 is 2.12 bits per heavy atom. The largest absolute Gasteiger partial charge is 0.477 e. The second-order valence-electron chi connectivity index (χ2n) is 3.50. The maximum atomic E-state index is 11.6. The van der Waals surface area contributed by atoms with Crippen LogP contribution in [-0.4, -0.2) is 17.0 Å². The highest BCUT2D eigenvalue weighted by molar-refractivity contribution is 6.20. The minimum Gasteiger partial charge on any atom is -0.477 e. The molecule has 1 aromatic carbocycles. The molecule has 0 radical (unpaired) electrons. The molecule has 1 amide bonds. The van der Waals surface area contributed by atoms with Crippen molar-refractivity contribution in [2.45, 2.75) is 13.8 Å². The van der Waals surface area contributed by atoms with E-state index in [1.54, 1.807) is 38.1 Å². The standard InChI is InChI=1S/C12H13NO3/c1-8(2)10(12(15)16)11(14)13-9-6-4-3-5-7-9/h3-7H,1-2H3,(H,13,14)(H,15,16). The van der Waals surface area contributed by atoms with E-state index in [9.17, 15) is 9.59 Å². The summed E-state index contributed by atoms with van der Waals surface area (Å²) in [6.07, 6.45) is 0. The van der Waals surface area contributed by atoms with Crippen LogP contribution in [0.5, 0.6) is 0 Å². The molecule has 1 aromatic rings. The van der Waals surface area contributed by atoms with Crippen LogP contribution >= 0.6 is 0 Å². The third-order valence-corrected chi connectivity index (χ3v) is 1.97. The first-order chi connectivity index (χ1) is 7.52. The topological polar surface area (TPSA) is 66.4 Å². The molecule has 0 heterocycles. The quantitative estimate of drug-likeness (QED) is 0.464. The molecular formula is C12H13NO3. The fraction of sp³-hybridized carbons (Fsp3) is 0.167. The van der Waals surface area contributed by atoms with E-state index in [1.165, 1.54) is 0 Å². The molecule has 0 aromatic heterocycles. The van der Waals surface area contributed by atoms with Gasteiger partial charge in [-0.25, -0.2) is 4.79 Å². The number of rotatable bonds is 3. The predicted molar refractivity (Wildman–Crippen MR) is 61.1 cm³/mol. The molecule has 0 unspecified atom stereocenters. The lowest BCUT2D eigenvalue weighted by Crippen LogP contribution is -2.21. The van der Waals surface area contributed by atoms with Gasteiger partial charge in [-0.3, -0.25) is 4.79 Å². The number of nitrogens with one attached hydrogen (secondary N) is 1. The smallest absolute Gasteiger partial charge is 0.341 e. The molecule has 0 aliphatic heterocycles. The van der Waals surface area contributed by atoms with Gasteiger partial charge in [-0.15, -0.1) is 0 Å². The highest BCUT2D eigenvalue weighted by Gasteiger charge is 2.18. The van der Waals surface area contributed by atoms with Gasteiger partial charge in [0.2, 0.25) is 0 Å². The van der Waals surface area contributed by atoms with Crippen LogP contribution in [-0.2, 0) is 9.59 Å². The molecule has 0 saturated carbocycles. The highest BCUT2D eigenvalue weighted by atomic mass is 16.4. The van der Waals surface area contributed by atoms with E-state index in [1.807, 2.05) is 6.07 Å². The zero-order chi connectivity index (χ0) is 12.1. The van der Waals surface area contributed by atoms with Crippen molar-refractivity contribution in [1.29, 1.82) is 0 Å². The van der Waals surface area contributed by atoms with Crippen LogP contribution in [0.2, 0.25) is 0 Å². The Kier molecular flexibility index (Phi) is 3.83. The van der Waals surface area contributed by atoms with Gasteiger partial charge in [-0.2, -0.15) is 0 Å². The van der Waals surface area contributed by atoms with Gasteiger partial charge in [-0.05, 0) is 26.0 Å². The van der Waals surface area contributed by atoms with Crippen LogP contribution in [0.3, 0.4) is 0 Å². The van der Waals surface area contributed by atoms with Gasteiger partial charge in [0.05, 0.1) is 0 Å². The molecular weight excluding hydrogens is 206 g/mol. The van der Waals surface area contributed by atoms with Crippen molar-refractivity contribution in [1.82, 2.24) is 0 Å². The van der Waals surface area contributed by atoms with Crippen molar-refractivity contribution in [3.8, 4) is 0 Å². The summed E-state index contributed by atoms with van der Waals surface area (Å²) < 4.78 is 0. The van der Waals surface area contributed by atoms with Crippen LogP contribution in [0.25, 0.3) is 0 Å². The maximum absolute atomic E-state index is 11.6. The number of carbonyl (C=O) groups is 2. The third-order valence-electron chi connectivity index (χ3n) is 1.97. The van der Waals surface area contributed by atoms with Crippen LogP contribution in [0.4, 0.5) is 5.69 Å². The molecule has 0 bridgehead atoms. The first kappa shape index (κ1) is 12.0. The SMILES string of the molecule is CC(C)=C(C(=O)O)C(=O)Nc1ccccc1. The number of hydrogen-bond acceptors (Lipinski definition) is 2. The first-order valence-electron chi connectivity index (χ1n) is 4.79. The number of aliphatic carboxylic acids is 1. The van der Waals surface area contributed by atoms with Crippen molar-refractivity contribution in [3.05, 3.63) is 41.5 Å². The van der Waals surface area contributed by atoms with E-state index in [0.29, 0.717) is 11.3 Å². The summed E-state index contributed by atoms with van der Waals surface area (Å²) in [5.41, 5.74) is 0.831. The van der Waals surface area contributed by atoms with Crippen LogP contribution in [0.1, 0.15) is 13.8 Å². The minimum atomic E-state index is -1.21. The zero-order valence-corrected chi connectivity index (χ0v) is 9.15. The Bertz CT molecular complexity index is 431. The summed E-state index contributed by atoms with van der Waals surface area (Å²) in [7, 11) is 0. The van der Waals surface area contributed by atoms with E-state index in [4.69, 9.17) is 5.11 Å². The summed E-state index contributed by atoms with van der Waals surface area (Å²) in [6, 6.07) is 8.73. The van der Waals surface area contributed by atoms with Gasteiger partial charge in [0.25, 0.3) is 5.91 Å². The highest BCUT2D eigenvalue weighted by Crippen LogP contribution is 2.10. The van der Waals surface area contributed by atoms with E-state index < -0.39 is 11.9 Å². The lowest BCUT2D eigenvalue weighted by atomic mass is 10.1. The lowest BCUT2D eigenvalue weighted by Gasteiger charge is -2.06. The second-order valence-corrected chi connectivity index (χ2v) is 3.50. The van der Waals surface area contributed by atoms with Gasteiger partial charge >= 0.3 is 5.97 Å². The van der Waals surface area contributed by atoms with Gasteiger partial charge < -0.3 is 10.4 Å². The van der Waals surface area contributed by atoms with Gasteiger partial charge in [-0.1, -0.05) is 23.8 Å². The van der Waals surface area contributed by atoms with Crippen LogP contribution in [0, 0.1) is 0 Å². The fourth-order valence-corrected chi connectivity index (χ4v) is 1.25. The minimum absolute atomic E-state index is 0.219. The maximum Gasteiger partial charge on any atom is 0.341 e. The van der Waals surface area contributed by atoms with E-state index in [0.717, 1.165) is 0 Å². The molecule has 0 saturated heterocycles. The number of amides is 1. The number of carboxylic acid groups (broad SMARTS) is 1. The molecule has 0 aliphatic rings. The number of carbonyl (C=O) groups excluding carboxylic acids is 1. The zero-order valence-electron chi connectivity index (χ0n) is 9.15. The van der Waals surface area contributed by atoms with Gasteiger partial charge in [0.1, 0.15) is 5.57 Å². The molecule has 0 aliphatic carbocycles. The summed E-state index contributed by atoms with van der Waals surface area (Å²) in [5, 5.41) is 11.4. The summed E-state index contributed by atoms with van der Waals surface area (Å²) in [5.74, 6) is -1.81. The average molecular weight is 219 g/mol. The molecule has 0 spiro atoms. The van der Waals surface area contributed by atoms with E-state index >= 15 is 0 Å². The third kappa shape index (κ3) is 2.95. The van der Waals surface area contributed by atoms with Crippen molar-refractivity contribution in [2.75, 3.05) is 5.32 Å². The predicted octanol–water partition coefficient (Wildman–Crippen LogP) is 2.05. The number of para-hydroxylation sites is 1. The van der Waals surface area contributed by atoms with Crippen molar-refractivity contribution < 1.29 is 14.7 Å². The number of carboxylic acids is 1. The number of allylic oxidation sites excluding steroid dienone is 1. The lowest BCUT2D eigenvalue weighted by molar-refractivity contribution is -0.134. The van der Waals surface area contributed by atoms with Crippen molar-refractivity contribution in [3.63, 3.8) is 0 Å². The molecule has 0 atom stereocenters. The first-order valence-corrected chi connectivity index (χ1v) is 4.79. The van der Waals surface area contributed by atoms with Crippen molar-refractivity contribution >= 4 is 17.6 Å². The summed E-state index contributed by atoms with van der Waals surface area (Å²) in [4.78, 5) is 22.5. The molecule has 2 N–H and O–H groups in total. The number of hydrogen-bond donors (Lipinski definition) is 2. The van der Waals surface area contributed by atoms with E-state index in [2.05, 4.69) is 5.32 Å². The van der Waals surface area contributed by atoms with Crippen LogP contribution in [0.15, 0.2) is 41.5 Å². The van der Waals surface area contributed by atoms with Crippen LogP contribution < -0.4 is 5.32 Å². The Hall–Kier alpha value is -2.10. The number of anilines is 1. The van der Waals surface area contributed by atoms with Crippen molar-refractivity contribution in [2.24, 2.45) is 0 Å². The Labute approximate surface area is 93.6 Å². The Balaban J connectivity index is 2.88. The average Bonchev–Trinajstić information content (AvgIpc) is 2.17. The fourth-order valence-electron chi connectivity index (χ4n) is 1.25. The molecule has 4 heteroatoms. The Morgan fingerprint density at radius 2 is 1.69 bits per heavy atom. The summed E-state index contributed by atoms with van der Waals surface area (Å²) in [6.45, 7) is 3.18. The van der Waals surface area contributed by atoms with Gasteiger partial charge in [0.15, 0.2) is 0 Å². The monoisotopic (exact) mass is 219 g/mol. The summed E-state index contributed by atoms with van der Waals surface area (Å²) >= 11 is 0. The van der Waals surface area contributed by atoms with Gasteiger partial charge in [0, 0.05) is 5.69 Å². The molecule has 16 heavy (non-hydrogen) atoms. The molecule has 4 nitrogen and oxygen atoms in total. The number of benzene rings is 1. The molecule has 84 valence electrons. The normalized spacial score (nSPS) is 9.38. The Morgan fingerprint density at radius 1 is 1.12 bits per heavy atom. The second kappa shape index (κ2) is 5.11. The molecule has 0 fully saturated rings. The van der Waals surface area contributed by atoms with E-state index in [-0.39, 0.29) is 5.57 Å².